The van der Waals surface area contributed by atoms with Gasteiger partial charge in [0.25, 0.3) is 0 Å². The van der Waals surface area contributed by atoms with E-state index in [1.54, 1.807) is 0 Å². The van der Waals surface area contributed by atoms with E-state index in [0.29, 0.717) is 0 Å². The molecule has 0 aliphatic heterocycles. The molecule has 0 bridgehead atoms. The Morgan fingerprint density at radius 1 is 0.882 bits per heavy atom. The highest BCUT2D eigenvalue weighted by molar-refractivity contribution is 7.73. The van der Waals surface area contributed by atoms with Crippen LogP contribution in [0.4, 0.5) is 0 Å². The van der Waals surface area contributed by atoms with Gasteiger partial charge in [0.05, 0.1) is 6.16 Å². The van der Waals surface area contributed by atoms with Gasteiger partial charge >= 0.3 is 5.97 Å². The average Bonchev–Trinajstić information content (AvgIpc) is 2.38. The Morgan fingerprint density at radius 3 is 1.65 bits per heavy atom. The van der Waals surface area contributed by atoms with Gasteiger partial charge in [0.15, 0.2) is 0 Å². The Labute approximate surface area is 102 Å². The third-order valence-corrected chi connectivity index (χ3v) is 4.86. The van der Waals surface area contributed by atoms with Crippen LogP contribution in [0.1, 0.15) is 0 Å². The van der Waals surface area contributed by atoms with Gasteiger partial charge < -0.3 is 5.11 Å². The van der Waals surface area contributed by atoms with Crippen molar-refractivity contribution in [1.29, 1.82) is 0 Å². The van der Waals surface area contributed by atoms with Crippen LogP contribution in [0.5, 0.6) is 0 Å². The Kier molecular flexibility index (Phi) is 3.89. The molecule has 0 aliphatic rings. The molecule has 17 heavy (non-hydrogen) atoms. The van der Waals surface area contributed by atoms with Crippen LogP contribution in [0.15, 0.2) is 60.7 Å². The number of rotatable bonds is 4. The van der Waals surface area contributed by atoms with E-state index >= 15 is 0 Å². The number of benzene rings is 2. The Morgan fingerprint density at radius 2 is 1.29 bits per heavy atom. The summed E-state index contributed by atoms with van der Waals surface area (Å²) in [5.74, 6) is -0.746. The number of hydrogen-bond donors (Lipinski definition) is 1. The van der Waals surface area contributed by atoms with E-state index in [2.05, 4.69) is 0 Å². The summed E-state index contributed by atoms with van der Waals surface area (Å²) in [5.41, 5.74) is 0. The van der Waals surface area contributed by atoms with Gasteiger partial charge in [-0.15, -0.1) is 0 Å². The molecule has 3 heteroatoms. The molecular weight excluding hydrogens is 231 g/mol. The number of carboxylic acid groups (broad SMARTS) is 1. The van der Waals surface area contributed by atoms with E-state index in [0.717, 1.165) is 10.6 Å². The quantitative estimate of drug-likeness (QED) is 0.837. The van der Waals surface area contributed by atoms with Gasteiger partial charge in [-0.25, -0.2) is 0 Å². The van der Waals surface area contributed by atoms with Crippen molar-refractivity contribution < 1.29 is 9.90 Å². The third kappa shape index (κ3) is 3.15. The van der Waals surface area contributed by atoms with Gasteiger partial charge in [-0.3, -0.25) is 4.79 Å². The van der Waals surface area contributed by atoms with Crippen LogP contribution in [0.2, 0.25) is 0 Å². The zero-order valence-corrected chi connectivity index (χ0v) is 10.2. The molecule has 86 valence electrons. The largest absolute Gasteiger partial charge is 0.481 e. The number of carbonyl (C=O) groups is 1. The Hall–Kier alpha value is -1.66. The average molecular weight is 244 g/mol. The predicted octanol–water partition coefficient (Wildman–Crippen LogP) is 2.20. The van der Waals surface area contributed by atoms with Crippen LogP contribution in [-0.4, -0.2) is 17.2 Å². The van der Waals surface area contributed by atoms with Crippen LogP contribution in [0, 0.1) is 0 Å². The Balaban J connectivity index is 2.36. The van der Waals surface area contributed by atoms with E-state index in [1.807, 2.05) is 60.7 Å². The fraction of sp³-hybridized carbons (Fsp3) is 0.0714. The van der Waals surface area contributed by atoms with Gasteiger partial charge in [0.1, 0.15) is 0 Å². The normalized spacial score (nSPS) is 10.4. The van der Waals surface area contributed by atoms with Crippen molar-refractivity contribution >= 4 is 24.5 Å². The first-order valence-electron chi connectivity index (χ1n) is 5.37. The summed E-state index contributed by atoms with van der Waals surface area (Å²) in [4.78, 5) is 11.0. The van der Waals surface area contributed by atoms with Crippen molar-refractivity contribution in [2.24, 2.45) is 0 Å². The molecule has 0 aromatic heterocycles. The maximum Gasteiger partial charge on any atom is 0.308 e. The second kappa shape index (κ2) is 5.60. The molecular formula is C14H13O2P. The van der Waals surface area contributed by atoms with Crippen molar-refractivity contribution in [2.75, 3.05) is 6.16 Å². The van der Waals surface area contributed by atoms with Crippen LogP contribution < -0.4 is 10.6 Å². The lowest BCUT2D eigenvalue weighted by atomic mass is 10.4. The standard InChI is InChI=1S/C14H13O2P/c15-14(16)11-17(12-7-3-1-4-8-12)13-9-5-2-6-10-13/h1-10H,11H2,(H,15,16). The minimum atomic E-state index is -0.790. The minimum Gasteiger partial charge on any atom is -0.481 e. The van der Waals surface area contributed by atoms with Crippen LogP contribution in [0.25, 0.3) is 0 Å². The van der Waals surface area contributed by atoms with E-state index in [4.69, 9.17) is 5.11 Å². The van der Waals surface area contributed by atoms with Crippen molar-refractivity contribution in [1.82, 2.24) is 0 Å². The topological polar surface area (TPSA) is 37.3 Å². The molecule has 0 radical (unpaired) electrons. The second-order valence-electron chi connectivity index (χ2n) is 3.65. The summed E-state index contributed by atoms with van der Waals surface area (Å²) in [6.45, 7) is 0. The highest BCUT2D eigenvalue weighted by atomic mass is 31.1. The fourth-order valence-electron chi connectivity index (χ4n) is 1.68. The van der Waals surface area contributed by atoms with Gasteiger partial charge in [-0.2, -0.15) is 0 Å². The fourth-order valence-corrected chi connectivity index (χ4v) is 3.68. The van der Waals surface area contributed by atoms with Gasteiger partial charge in [0, 0.05) is 0 Å². The monoisotopic (exact) mass is 244 g/mol. The van der Waals surface area contributed by atoms with E-state index < -0.39 is 13.9 Å². The van der Waals surface area contributed by atoms with Crippen molar-refractivity contribution in [3.63, 3.8) is 0 Å². The lowest BCUT2D eigenvalue weighted by Crippen LogP contribution is -2.17. The molecule has 0 unspecified atom stereocenters. The Bertz CT molecular complexity index is 443. The summed E-state index contributed by atoms with van der Waals surface area (Å²) in [7, 11) is -0.790. The molecule has 0 atom stereocenters. The zero-order chi connectivity index (χ0) is 12.1. The minimum absolute atomic E-state index is 0.184. The molecule has 0 spiro atoms. The highest BCUT2D eigenvalue weighted by Gasteiger charge is 2.16. The SMILES string of the molecule is O=C(O)CP(c1ccccc1)c1ccccc1. The molecule has 2 nitrogen and oxygen atoms in total. The number of carboxylic acids is 1. The summed E-state index contributed by atoms with van der Waals surface area (Å²) < 4.78 is 0. The van der Waals surface area contributed by atoms with Gasteiger partial charge in [0.2, 0.25) is 0 Å². The molecule has 2 aromatic rings. The molecule has 0 saturated carbocycles. The lowest BCUT2D eigenvalue weighted by molar-refractivity contribution is -0.134. The maximum atomic E-state index is 11.0. The van der Waals surface area contributed by atoms with Crippen molar-refractivity contribution in [3.8, 4) is 0 Å². The molecule has 2 rings (SSSR count). The summed E-state index contributed by atoms with van der Waals surface area (Å²) in [6, 6.07) is 19.7. The van der Waals surface area contributed by atoms with E-state index in [-0.39, 0.29) is 6.16 Å². The molecule has 0 amide bonds. The first-order chi connectivity index (χ1) is 8.27. The molecule has 0 heterocycles. The van der Waals surface area contributed by atoms with Crippen LogP contribution in [0.3, 0.4) is 0 Å². The van der Waals surface area contributed by atoms with Gasteiger partial charge in [-0.1, -0.05) is 60.7 Å². The number of hydrogen-bond acceptors (Lipinski definition) is 1. The molecule has 1 N–H and O–H groups in total. The van der Waals surface area contributed by atoms with Crippen LogP contribution in [-0.2, 0) is 4.79 Å². The smallest absolute Gasteiger partial charge is 0.308 e. The maximum absolute atomic E-state index is 11.0. The first kappa shape index (κ1) is 11.8. The number of aliphatic carboxylic acids is 1. The summed E-state index contributed by atoms with van der Waals surface area (Å²) >= 11 is 0. The van der Waals surface area contributed by atoms with Gasteiger partial charge in [-0.05, 0) is 18.5 Å². The molecule has 0 fully saturated rings. The predicted molar refractivity (Wildman–Crippen MR) is 71.6 cm³/mol. The zero-order valence-electron chi connectivity index (χ0n) is 9.28. The highest BCUT2D eigenvalue weighted by Crippen LogP contribution is 2.32. The van der Waals surface area contributed by atoms with Crippen molar-refractivity contribution in [3.05, 3.63) is 60.7 Å². The lowest BCUT2D eigenvalue weighted by Gasteiger charge is -2.16. The van der Waals surface area contributed by atoms with Crippen molar-refractivity contribution in [2.45, 2.75) is 0 Å². The second-order valence-corrected chi connectivity index (χ2v) is 5.86. The molecule has 0 saturated heterocycles. The molecule has 2 aromatic carbocycles. The van der Waals surface area contributed by atoms with E-state index in [9.17, 15) is 4.79 Å². The van der Waals surface area contributed by atoms with Crippen LogP contribution >= 0.6 is 7.92 Å². The summed E-state index contributed by atoms with van der Waals surface area (Å²) in [5, 5.41) is 11.2. The first-order valence-corrected chi connectivity index (χ1v) is 6.89. The van der Waals surface area contributed by atoms with E-state index in [1.165, 1.54) is 0 Å². The molecule has 0 aliphatic carbocycles. The third-order valence-electron chi connectivity index (χ3n) is 2.43. The summed E-state index contributed by atoms with van der Waals surface area (Å²) in [6.07, 6.45) is 0.184.